The van der Waals surface area contributed by atoms with E-state index in [4.69, 9.17) is 0 Å². The van der Waals surface area contributed by atoms with Crippen LogP contribution in [0, 0.1) is 11.8 Å². The van der Waals surface area contributed by atoms with Gasteiger partial charge in [-0.25, -0.2) is 8.42 Å². The molecular weight excluding hydrogens is 655 g/mol. The number of β-amino-alcohol motifs (C(OH)–C–C–N with tert-alkyl or cyclic N) is 1. The molecule has 50 heavy (non-hydrogen) atoms. The van der Waals surface area contributed by atoms with Crippen LogP contribution in [0.25, 0.3) is 6.08 Å². The van der Waals surface area contributed by atoms with Gasteiger partial charge >= 0.3 is 0 Å². The van der Waals surface area contributed by atoms with Gasteiger partial charge in [-0.05, 0) is 95.1 Å². The Morgan fingerprint density at radius 3 is 2.24 bits per heavy atom. The Labute approximate surface area is 297 Å². The summed E-state index contributed by atoms with van der Waals surface area (Å²) in [5.41, 5.74) is 1.14. The molecule has 0 radical (unpaired) electrons. The van der Waals surface area contributed by atoms with E-state index in [0.29, 0.717) is 30.4 Å². The molecule has 0 unspecified atom stereocenters. The van der Waals surface area contributed by atoms with E-state index >= 15 is 0 Å². The van der Waals surface area contributed by atoms with Gasteiger partial charge in [-0.2, -0.15) is 0 Å². The number of nitrogens with one attached hydrogen (secondary N) is 3. The van der Waals surface area contributed by atoms with E-state index in [1.165, 1.54) is 19.9 Å². The van der Waals surface area contributed by atoms with Gasteiger partial charge < -0.3 is 21.1 Å². The monoisotopic (exact) mass is 709 g/mol. The second-order valence-electron chi connectivity index (χ2n) is 15.6. The number of likely N-dealkylation sites (tertiary alicyclic amines) is 1. The third-order valence-corrected chi connectivity index (χ3v) is 12.3. The van der Waals surface area contributed by atoms with E-state index in [2.05, 4.69) is 25.8 Å². The number of hydrogen-bond donors (Lipinski definition) is 4. The number of fused-ring (bicyclic) bond motifs is 1. The second kappa shape index (κ2) is 16.6. The third-order valence-electron chi connectivity index (χ3n) is 10.1. The lowest BCUT2D eigenvalue weighted by Gasteiger charge is -2.47. The minimum absolute atomic E-state index is 0.0742. The Kier molecular flexibility index (Phi) is 13.0. The van der Waals surface area contributed by atoms with E-state index in [-0.39, 0.29) is 18.9 Å². The quantitative estimate of drug-likeness (QED) is 0.231. The summed E-state index contributed by atoms with van der Waals surface area (Å²) in [5, 5.41) is 20.6. The molecule has 3 amide bonds. The van der Waals surface area contributed by atoms with E-state index in [1.54, 1.807) is 30.6 Å². The van der Waals surface area contributed by atoms with Crippen molar-refractivity contribution < 1.29 is 27.9 Å². The predicted octanol–water partition coefficient (Wildman–Crippen LogP) is 3.29. The van der Waals surface area contributed by atoms with Crippen molar-refractivity contribution in [2.24, 2.45) is 11.8 Å². The lowest BCUT2D eigenvalue weighted by atomic mass is 9.72. The minimum atomic E-state index is -3.86. The van der Waals surface area contributed by atoms with Gasteiger partial charge in [0.25, 0.3) is 0 Å². The number of amides is 3. The average molecular weight is 710 g/mol. The zero-order chi connectivity index (χ0) is 36.7. The highest BCUT2D eigenvalue weighted by Gasteiger charge is 2.46. The number of sulfone groups is 1. The maximum absolute atomic E-state index is 14.1. The van der Waals surface area contributed by atoms with Crippen molar-refractivity contribution in [3.05, 3.63) is 72.1 Å². The van der Waals surface area contributed by atoms with E-state index in [1.807, 2.05) is 51.1 Å². The van der Waals surface area contributed by atoms with Gasteiger partial charge in [0.15, 0.2) is 9.84 Å². The van der Waals surface area contributed by atoms with Crippen molar-refractivity contribution in [1.82, 2.24) is 25.8 Å². The number of carbonyl (C=O) groups is 3. The number of nitrogens with zero attached hydrogens (tertiary/aromatic N) is 2. The minimum Gasteiger partial charge on any atom is -0.390 e. The summed E-state index contributed by atoms with van der Waals surface area (Å²) in [7, 11) is -3.86. The van der Waals surface area contributed by atoms with Crippen LogP contribution in [0.5, 0.6) is 0 Å². The highest BCUT2D eigenvalue weighted by Crippen LogP contribution is 2.39. The van der Waals surface area contributed by atoms with Crippen LogP contribution >= 0.6 is 0 Å². The molecule has 0 spiro atoms. The molecule has 1 aromatic heterocycles. The molecule has 1 aliphatic carbocycles. The fourth-order valence-corrected chi connectivity index (χ4v) is 7.61. The zero-order valence-electron chi connectivity index (χ0n) is 30.3. The maximum atomic E-state index is 14.1. The maximum Gasteiger partial charge on any atom is 0.244 e. The highest BCUT2D eigenvalue weighted by molar-refractivity contribution is 7.92. The van der Waals surface area contributed by atoms with Crippen LogP contribution in [-0.4, -0.2) is 95.0 Å². The average Bonchev–Trinajstić information content (AvgIpc) is 3.05. The number of aliphatic hydroxyl groups is 1. The molecule has 1 aromatic carbocycles. The summed E-state index contributed by atoms with van der Waals surface area (Å²) in [6, 6.07) is 10.0. The summed E-state index contributed by atoms with van der Waals surface area (Å²) < 4.78 is 24.3. The number of benzene rings is 1. The molecule has 1 saturated carbocycles. The number of aliphatic hydroxyl groups excluding tert-OH is 1. The number of hydrogen-bond acceptors (Lipinski definition) is 8. The Morgan fingerprint density at radius 1 is 0.980 bits per heavy atom. The van der Waals surface area contributed by atoms with Crippen molar-refractivity contribution in [2.75, 3.05) is 19.3 Å². The van der Waals surface area contributed by atoms with Gasteiger partial charge in [-0.3, -0.25) is 24.3 Å². The molecule has 11 nitrogen and oxygen atoms in total. The van der Waals surface area contributed by atoms with Gasteiger partial charge in [-0.1, -0.05) is 49.6 Å². The van der Waals surface area contributed by atoms with E-state index in [0.717, 1.165) is 37.5 Å². The van der Waals surface area contributed by atoms with Crippen LogP contribution in [0.2, 0.25) is 0 Å². The molecule has 0 bridgehead atoms. The number of piperidine rings is 1. The molecular formula is C38H55N5O6S. The molecule has 2 heterocycles. The number of rotatable bonds is 13. The number of carbonyl (C=O) groups excluding carboxylic acids is 3. The van der Waals surface area contributed by atoms with Crippen LogP contribution in [0.1, 0.15) is 77.8 Å². The Morgan fingerprint density at radius 2 is 1.62 bits per heavy atom. The predicted molar refractivity (Wildman–Crippen MR) is 196 cm³/mol. The molecule has 1 aliphatic heterocycles. The Balaban J connectivity index is 1.61. The lowest BCUT2D eigenvalue weighted by molar-refractivity contribution is -0.133. The van der Waals surface area contributed by atoms with Crippen LogP contribution in [-0.2, 0) is 30.6 Å². The van der Waals surface area contributed by atoms with E-state index < -0.39 is 56.2 Å². The van der Waals surface area contributed by atoms with Crippen molar-refractivity contribution in [3.63, 3.8) is 0 Å². The molecule has 4 rings (SSSR count). The number of pyridine rings is 1. The van der Waals surface area contributed by atoms with Gasteiger partial charge in [0.2, 0.25) is 17.7 Å². The normalized spacial score (nSPS) is 22.2. The summed E-state index contributed by atoms with van der Waals surface area (Å²) in [6.07, 6.45) is 11.3. The van der Waals surface area contributed by atoms with Crippen LogP contribution in [0.3, 0.4) is 0 Å². The van der Waals surface area contributed by atoms with Crippen molar-refractivity contribution in [2.45, 2.75) is 108 Å². The standard InChI is InChI=1S/C38H55N5O6S/c1-37(2,3)42-35(46)31-23-28-14-10-11-15-29(28)24-43(31)25-32(44)30(22-27-12-8-7-9-13-27)40-36(47)34(38(4,5)50(6,48)49)41-33(45)17-16-26-18-20-39-21-19-26/h7-9,12-13,16-21,28-32,34,44H,10-11,14-15,22-25H2,1-6H3,(H,40,47)(H,41,45)(H,42,46)/b17-16+/t28-,29+,30-,31-,32+,34+/m0/s1. The molecule has 12 heteroatoms. The number of aromatic nitrogens is 1. The third kappa shape index (κ3) is 10.7. The van der Waals surface area contributed by atoms with Crippen molar-refractivity contribution >= 4 is 33.6 Å². The van der Waals surface area contributed by atoms with Gasteiger partial charge in [0, 0.05) is 43.4 Å². The van der Waals surface area contributed by atoms with Gasteiger partial charge in [0.05, 0.1) is 22.9 Å². The van der Waals surface area contributed by atoms with Gasteiger partial charge in [0.1, 0.15) is 6.04 Å². The molecule has 4 N–H and O–H groups in total. The Bertz CT molecular complexity index is 1590. The summed E-state index contributed by atoms with van der Waals surface area (Å²) >= 11 is 0. The SMILES string of the molecule is CC(C)(C)NC(=O)[C@@H]1C[C@@H]2CCCC[C@@H]2CN1C[C@@H](O)[C@H](Cc1ccccc1)NC(=O)[C@@H](NC(=O)/C=C/c1ccncc1)C(C)(C)S(C)(=O)=O. The molecule has 2 aliphatic rings. The molecule has 274 valence electrons. The first kappa shape index (κ1) is 39.2. The van der Waals surface area contributed by atoms with Crippen molar-refractivity contribution in [1.29, 1.82) is 0 Å². The molecule has 2 aromatic rings. The van der Waals surface area contributed by atoms with Crippen LogP contribution in [0.15, 0.2) is 60.9 Å². The first-order chi connectivity index (χ1) is 23.4. The fraction of sp³-hybridized carbons (Fsp3) is 0.579. The molecule has 1 saturated heterocycles. The first-order valence-corrected chi connectivity index (χ1v) is 19.5. The second-order valence-corrected chi connectivity index (χ2v) is 18.1. The largest absolute Gasteiger partial charge is 0.390 e. The van der Waals surface area contributed by atoms with Crippen molar-refractivity contribution in [3.8, 4) is 0 Å². The molecule has 6 atom stereocenters. The smallest absolute Gasteiger partial charge is 0.244 e. The van der Waals surface area contributed by atoms with Crippen LogP contribution < -0.4 is 16.0 Å². The lowest BCUT2D eigenvalue weighted by Crippen LogP contribution is -2.64. The first-order valence-electron chi connectivity index (χ1n) is 17.6. The molecule has 2 fully saturated rings. The summed E-state index contributed by atoms with van der Waals surface area (Å²) in [6.45, 7) is 9.44. The van der Waals surface area contributed by atoms with Crippen LogP contribution in [0.4, 0.5) is 0 Å². The fourth-order valence-electron chi connectivity index (χ4n) is 7.02. The van der Waals surface area contributed by atoms with Gasteiger partial charge in [-0.15, -0.1) is 0 Å². The summed E-state index contributed by atoms with van der Waals surface area (Å²) in [5.74, 6) is -0.592. The zero-order valence-corrected chi connectivity index (χ0v) is 31.1. The Hall–Kier alpha value is -3.61. The highest BCUT2D eigenvalue weighted by atomic mass is 32.2. The topological polar surface area (TPSA) is 158 Å². The van der Waals surface area contributed by atoms with E-state index in [9.17, 15) is 27.9 Å². The summed E-state index contributed by atoms with van der Waals surface area (Å²) in [4.78, 5) is 46.9.